The maximum absolute atomic E-state index is 10.4. The molecular formula is C12H17NO. The van der Waals surface area contributed by atoms with Gasteiger partial charge in [-0.15, -0.1) is 0 Å². The molecule has 0 amide bonds. The standard InChI is InChI=1S/C12H17NO/c1-10-7-11(9-13-8-10)12(14)5-3-2-4-6-12/h7-9,14H,2-6H2,1H3. The Morgan fingerprint density at radius 3 is 2.57 bits per heavy atom. The van der Waals surface area contributed by atoms with Gasteiger partial charge in [0.15, 0.2) is 0 Å². The number of aryl methyl sites for hydroxylation is 1. The Morgan fingerprint density at radius 2 is 1.93 bits per heavy atom. The van der Waals surface area contributed by atoms with Gasteiger partial charge in [-0.1, -0.05) is 25.3 Å². The topological polar surface area (TPSA) is 33.1 Å². The Balaban J connectivity index is 2.28. The molecule has 0 radical (unpaired) electrons. The molecule has 0 unspecified atom stereocenters. The molecule has 1 aliphatic carbocycles. The fraction of sp³-hybridized carbons (Fsp3) is 0.583. The monoisotopic (exact) mass is 191 g/mol. The minimum Gasteiger partial charge on any atom is -0.385 e. The first-order chi connectivity index (χ1) is 6.71. The van der Waals surface area contributed by atoms with Crippen LogP contribution in [0.5, 0.6) is 0 Å². The molecular weight excluding hydrogens is 174 g/mol. The van der Waals surface area contributed by atoms with Crippen LogP contribution >= 0.6 is 0 Å². The molecule has 1 aromatic rings. The van der Waals surface area contributed by atoms with Crippen LogP contribution in [-0.2, 0) is 5.60 Å². The first-order valence-electron chi connectivity index (χ1n) is 5.35. The molecule has 2 nitrogen and oxygen atoms in total. The Labute approximate surface area is 85.0 Å². The van der Waals surface area contributed by atoms with Crippen molar-refractivity contribution >= 4 is 0 Å². The van der Waals surface area contributed by atoms with Crippen molar-refractivity contribution in [1.82, 2.24) is 4.98 Å². The van der Waals surface area contributed by atoms with E-state index in [9.17, 15) is 5.11 Å². The molecule has 1 aliphatic rings. The van der Waals surface area contributed by atoms with Crippen LogP contribution in [0, 0.1) is 6.92 Å². The lowest BCUT2D eigenvalue weighted by atomic mass is 9.80. The second kappa shape index (κ2) is 3.70. The van der Waals surface area contributed by atoms with Gasteiger partial charge in [-0.2, -0.15) is 0 Å². The summed E-state index contributed by atoms with van der Waals surface area (Å²) in [4.78, 5) is 4.14. The molecule has 1 N–H and O–H groups in total. The molecule has 76 valence electrons. The first kappa shape index (κ1) is 9.66. The van der Waals surface area contributed by atoms with E-state index in [4.69, 9.17) is 0 Å². The van der Waals surface area contributed by atoms with Crippen LogP contribution in [0.4, 0.5) is 0 Å². The van der Waals surface area contributed by atoms with E-state index in [0.717, 1.165) is 36.8 Å². The summed E-state index contributed by atoms with van der Waals surface area (Å²) in [6.07, 6.45) is 8.92. The van der Waals surface area contributed by atoms with Crippen LogP contribution in [0.15, 0.2) is 18.5 Å². The highest BCUT2D eigenvalue weighted by Gasteiger charge is 2.31. The third-order valence-corrected chi connectivity index (χ3v) is 3.09. The van der Waals surface area contributed by atoms with E-state index in [-0.39, 0.29) is 0 Å². The molecule has 0 saturated heterocycles. The SMILES string of the molecule is Cc1cncc(C2(O)CCCCC2)c1. The lowest BCUT2D eigenvalue weighted by Gasteiger charge is -2.32. The summed E-state index contributed by atoms with van der Waals surface area (Å²) in [5.74, 6) is 0. The predicted molar refractivity (Wildman–Crippen MR) is 56.0 cm³/mol. The van der Waals surface area contributed by atoms with Gasteiger partial charge < -0.3 is 5.11 Å². The number of hydrogen-bond donors (Lipinski definition) is 1. The van der Waals surface area contributed by atoms with Gasteiger partial charge >= 0.3 is 0 Å². The van der Waals surface area contributed by atoms with E-state index in [1.807, 2.05) is 13.1 Å². The zero-order valence-corrected chi connectivity index (χ0v) is 8.66. The zero-order valence-electron chi connectivity index (χ0n) is 8.66. The Bertz CT molecular complexity index is 316. The summed E-state index contributed by atoms with van der Waals surface area (Å²) in [6, 6.07) is 2.05. The van der Waals surface area contributed by atoms with Gasteiger partial charge in [0.25, 0.3) is 0 Å². The second-order valence-electron chi connectivity index (χ2n) is 4.34. The van der Waals surface area contributed by atoms with Crippen molar-refractivity contribution in [1.29, 1.82) is 0 Å². The number of hydrogen-bond acceptors (Lipinski definition) is 2. The molecule has 0 bridgehead atoms. The quantitative estimate of drug-likeness (QED) is 0.740. The molecule has 1 aromatic heterocycles. The van der Waals surface area contributed by atoms with Crippen LogP contribution in [0.2, 0.25) is 0 Å². The smallest absolute Gasteiger partial charge is 0.0911 e. The minimum absolute atomic E-state index is 0.600. The molecule has 0 atom stereocenters. The normalized spacial score (nSPS) is 20.7. The van der Waals surface area contributed by atoms with Gasteiger partial charge in [-0.3, -0.25) is 4.98 Å². The van der Waals surface area contributed by atoms with Crippen molar-refractivity contribution in [2.45, 2.75) is 44.6 Å². The van der Waals surface area contributed by atoms with E-state index in [1.54, 1.807) is 6.20 Å². The molecule has 0 spiro atoms. The summed E-state index contributed by atoms with van der Waals surface area (Å²) >= 11 is 0. The predicted octanol–water partition coefficient (Wildman–Crippen LogP) is 2.54. The number of aliphatic hydroxyl groups is 1. The van der Waals surface area contributed by atoms with Crippen molar-refractivity contribution in [2.75, 3.05) is 0 Å². The van der Waals surface area contributed by atoms with Crippen LogP contribution < -0.4 is 0 Å². The molecule has 0 aliphatic heterocycles. The van der Waals surface area contributed by atoms with Crippen molar-refractivity contribution in [3.8, 4) is 0 Å². The molecule has 0 aromatic carbocycles. The van der Waals surface area contributed by atoms with Crippen LogP contribution in [-0.4, -0.2) is 10.1 Å². The average molecular weight is 191 g/mol. The molecule has 2 heteroatoms. The van der Waals surface area contributed by atoms with Gasteiger partial charge in [0.1, 0.15) is 0 Å². The summed E-state index contributed by atoms with van der Waals surface area (Å²) in [5.41, 5.74) is 1.52. The lowest BCUT2D eigenvalue weighted by molar-refractivity contribution is -0.000976. The third-order valence-electron chi connectivity index (χ3n) is 3.09. The highest BCUT2D eigenvalue weighted by molar-refractivity contribution is 5.23. The fourth-order valence-corrected chi connectivity index (χ4v) is 2.23. The Hall–Kier alpha value is -0.890. The number of aromatic nitrogens is 1. The van der Waals surface area contributed by atoms with Crippen LogP contribution in [0.1, 0.15) is 43.2 Å². The van der Waals surface area contributed by atoms with Gasteiger partial charge in [0.05, 0.1) is 5.60 Å². The maximum Gasteiger partial charge on any atom is 0.0911 e. The minimum atomic E-state index is -0.600. The Kier molecular flexibility index (Phi) is 2.55. The van der Waals surface area contributed by atoms with Gasteiger partial charge in [0.2, 0.25) is 0 Å². The van der Waals surface area contributed by atoms with E-state index >= 15 is 0 Å². The van der Waals surface area contributed by atoms with Gasteiger partial charge in [-0.25, -0.2) is 0 Å². The fourth-order valence-electron chi connectivity index (χ4n) is 2.23. The van der Waals surface area contributed by atoms with Gasteiger partial charge in [-0.05, 0) is 25.3 Å². The lowest BCUT2D eigenvalue weighted by Crippen LogP contribution is -2.28. The number of nitrogens with zero attached hydrogens (tertiary/aromatic N) is 1. The number of rotatable bonds is 1. The van der Waals surface area contributed by atoms with Crippen molar-refractivity contribution in [2.24, 2.45) is 0 Å². The summed E-state index contributed by atoms with van der Waals surface area (Å²) in [7, 11) is 0. The summed E-state index contributed by atoms with van der Waals surface area (Å²) in [5, 5.41) is 10.4. The van der Waals surface area contributed by atoms with E-state index in [0.29, 0.717) is 0 Å². The molecule has 1 fully saturated rings. The van der Waals surface area contributed by atoms with Crippen molar-refractivity contribution < 1.29 is 5.11 Å². The highest BCUT2D eigenvalue weighted by Crippen LogP contribution is 2.36. The zero-order chi connectivity index (χ0) is 10.0. The molecule has 2 rings (SSSR count). The van der Waals surface area contributed by atoms with Crippen LogP contribution in [0.25, 0.3) is 0 Å². The second-order valence-corrected chi connectivity index (χ2v) is 4.34. The summed E-state index contributed by atoms with van der Waals surface area (Å²) in [6.45, 7) is 2.02. The van der Waals surface area contributed by atoms with Crippen molar-refractivity contribution in [3.63, 3.8) is 0 Å². The Morgan fingerprint density at radius 1 is 1.21 bits per heavy atom. The van der Waals surface area contributed by atoms with Crippen LogP contribution in [0.3, 0.4) is 0 Å². The van der Waals surface area contributed by atoms with Gasteiger partial charge in [0, 0.05) is 18.0 Å². The van der Waals surface area contributed by atoms with E-state index in [1.165, 1.54) is 6.42 Å². The van der Waals surface area contributed by atoms with E-state index in [2.05, 4.69) is 11.1 Å². The van der Waals surface area contributed by atoms with E-state index < -0.39 is 5.60 Å². The van der Waals surface area contributed by atoms with Crippen molar-refractivity contribution in [3.05, 3.63) is 29.6 Å². The molecule has 1 saturated carbocycles. The molecule has 14 heavy (non-hydrogen) atoms. The molecule has 1 heterocycles. The largest absolute Gasteiger partial charge is 0.385 e. The number of pyridine rings is 1. The first-order valence-corrected chi connectivity index (χ1v) is 5.35. The average Bonchev–Trinajstić information content (AvgIpc) is 2.19. The maximum atomic E-state index is 10.4. The third kappa shape index (κ3) is 1.80. The highest BCUT2D eigenvalue weighted by atomic mass is 16.3. The summed E-state index contributed by atoms with van der Waals surface area (Å²) < 4.78 is 0.